The fourth-order valence-electron chi connectivity index (χ4n) is 2.64. The van der Waals surface area contributed by atoms with E-state index in [4.69, 9.17) is 5.11 Å². The Morgan fingerprint density at radius 3 is 2.72 bits per heavy atom. The number of carboxylic acid groups (broad SMARTS) is 1. The molecule has 0 atom stereocenters. The molecule has 1 aromatic heterocycles. The molecular weight excluding hydrogens is 228 g/mol. The molecule has 0 amide bonds. The van der Waals surface area contributed by atoms with Gasteiger partial charge in [-0.25, -0.2) is 9.78 Å². The first-order valence-corrected chi connectivity index (χ1v) is 6.49. The van der Waals surface area contributed by atoms with Crippen LogP contribution in [0.5, 0.6) is 0 Å². The number of aryl methyl sites for hydroxylation is 1. The Kier molecular flexibility index (Phi) is 3.84. The molecular formula is C14H20N2O2. The standard InChI is InChI=1S/C14H20N2O2/c1-10-7-12(14(17)18)8-13(15-10)16(2)9-11-5-3-4-6-11/h7-8,11H,3-6,9H2,1-2H3,(H,17,18). The van der Waals surface area contributed by atoms with Gasteiger partial charge in [-0.2, -0.15) is 0 Å². The highest BCUT2D eigenvalue weighted by atomic mass is 16.4. The van der Waals surface area contributed by atoms with Crippen LogP contribution in [0.1, 0.15) is 41.7 Å². The topological polar surface area (TPSA) is 53.4 Å². The molecule has 98 valence electrons. The molecule has 1 aromatic rings. The second kappa shape index (κ2) is 5.38. The summed E-state index contributed by atoms with van der Waals surface area (Å²) in [6.45, 7) is 2.80. The fourth-order valence-corrected chi connectivity index (χ4v) is 2.64. The van der Waals surface area contributed by atoms with Crippen LogP contribution in [0.25, 0.3) is 0 Å². The molecule has 18 heavy (non-hydrogen) atoms. The zero-order chi connectivity index (χ0) is 13.1. The molecule has 0 radical (unpaired) electrons. The van der Waals surface area contributed by atoms with Gasteiger partial charge in [0.15, 0.2) is 0 Å². The summed E-state index contributed by atoms with van der Waals surface area (Å²) in [5.74, 6) is 0.598. The van der Waals surface area contributed by atoms with Gasteiger partial charge in [0.2, 0.25) is 0 Å². The number of carboxylic acids is 1. The van der Waals surface area contributed by atoms with Gasteiger partial charge in [0.05, 0.1) is 5.56 Å². The predicted octanol–water partition coefficient (Wildman–Crippen LogP) is 2.71. The third-order valence-electron chi connectivity index (χ3n) is 3.58. The van der Waals surface area contributed by atoms with E-state index < -0.39 is 5.97 Å². The van der Waals surface area contributed by atoms with Gasteiger partial charge in [0.1, 0.15) is 5.82 Å². The molecule has 1 N–H and O–H groups in total. The van der Waals surface area contributed by atoms with E-state index in [9.17, 15) is 4.79 Å². The van der Waals surface area contributed by atoms with Crippen molar-refractivity contribution in [2.75, 3.05) is 18.5 Å². The molecule has 1 fully saturated rings. The van der Waals surface area contributed by atoms with Crippen molar-refractivity contribution in [1.82, 2.24) is 4.98 Å². The molecule has 1 saturated carbocycles. The Morgan fingerprint density at radius 1 is 1.44 bits per heavy atom. The molecule has 1 heterocycles. The summed E-state index contributed by atoms with van der Waals surface area (Å²) < 4.78 is 0. The number of hydrogen-bond acceptors (Lipinski definition) is 3. The van der Waals surface area contributed by atoms with E-state index >= 15 is 0 Å². The van der Waals surface area contributed by atoms with Crippen LogP contribution in [0.4, 0.5) is 5.82 Å². The zero-order valence-corrected chi connectivity index (χ0v) is 11.0. The van der Waals surface area contributed by atoms with Gasteiger partial charge < -0.3 is 10.0 Å². The number of carbonyl (C=O) groups is 1. The molecule has 0 spiro atoms. The van der Waals surface area contributed by atoms with E-state index in [1.165, 1.54) is 25.7 Å². The molecule has 4 nitrogen and oxygen atoms in total. The third-order valence-corrected chi connectivity index (χ3v) is 3.58. The van der Waals surface area contributed by atoms with Crippen LogP contribution in [-0.2, 0) is 0 Å². The van der Waals surface area contributed by atoms with Crippen LogP contribution in [0.2, 0.25) is 0 Å². The SMILES string of the molecule is Cc1cc(C(=O)O)cc(N(C)CC2CCCC2)n1. The molecule has 0 bridgehead atoms. The number of rotatable bonds is 4. The molecule has 2 rings (SSSR count). The van der Waals surface area contributed by atoms with Gasteiger partial charge in [-0.3, -0.25) is 0 Å². The minimum atomic E-state index is -0.893. The minimum Gasteiger partial charge on any atom is -0.478 e. The maximum absolute atomic E-state index is 11.0. The van der Waals surface area contributed by atoms with E-state index in [1.54, 1.807) is 12.1 Å². The van der Waals surface area contributed by atoms with E-state index in [-0.39, 0.29) is 0 Å². The van der Waals surface area contributed by atoms with Gasteiger partial charge in [-0.15, -0.1) is 0 Å². The van der Waals surface area contributed by atoms with Gasteiger partial charge in [-0.1, -0.05) is 12.8 Å². The molecule has 0 aliphatic heterocycles. The van der Waals surface area contributed by atoms with Gasteiger partial charge in [0, 0.05) is 19.3 Å². The van der Waals surface area contributed by atoms with Gasteiger partial charge >= 0.3 is 5.97 Å². The first-order chi connectivity index (χ1) is 8.56. The Morgan fingerprint density at radius 2 is 2.11 bits per heavy atom. The summed E-state index contributed by atoms with van der Waals surface area (Å²) in [5.41, 5.74) is 1.07. The Balaban J connectivity index is 2.13. The largest absolute Gasteiger partial charge is 0.478 e. The van der Waals surface area contributed by atoms with Gasteiger partial charge in [0.25, 0.3) is 0 Å². The Labute approximate surface area is 108 Å². The van der Waals surface area contributed by atoms with Crippen molar-refractivity contribution >= 4 is 11.8 Å². The van der Waals surface area contributed by atoms with E-state index in [0.717, 1.165) is 24.0 Å². The van der Waals surface area contributed by atoms with E-state index in [0.29, 0.717) is 5.56 Å². The minimum absolute atomic E-state index is 0.316. The summed E-state index contributed by atoms with van der Waals surface area (Å²) in [5, 5.41) is 9.05. The Bertz CT molecular complexity index is 439. The van der Waals surface area contributed by atoms with Crippen molar-refractivity contribution in [1.29, 1.82) is 0 Å². The van der Waals surface area contributed by atoms with E-state index in [2.05, 4.69) is 9.88 Å². The van der Waals surface area contributed by atoms with Crippen molar-refractivity contribution in [2.24, 2.45) is 5.92 Å². The number of pyridine rings is 1. The first-order valence-electron chi connectivity index (χ1n) is 6.49. The second-order valence-electron chi connectivity index (χ2n) is 5.19. The zero-order valence-electron chi connectivity index (χ0n) is 11.0. The lowest BCUT2D eigenvalue weighted by atomic mass is 10.1. The molecule has 0 aromatic carbocycles. The summed E-state index contributed by atoms with van der Waals surface area (Å²) in [4.78, 5) is 17.5. The monoisotopic (exact) mass is 248 g/mol. The number of anilines is 1. The summed E-state index contributed by atoms with van der Waals surface area (Å²) in [6, 6.07) is 3.26. The molecule has 0 unspecified atom stereocenters. The van der Waals surface area contributed by atoms with Crippen LogP contribution in [-0.4, -0.2) is 29.7 Å². The van der Waals surface area contributed by atoms with Crippen molar-refractivity contribution in [3.05, 3.63) is 23.4 Å². The molecule has 4 heteroatoms. The molecule has 1 aliphatic rings. The molecule has 1 aliphatic carbocycles. The van der Waals surface area contributed by atoms with Crippen LogP contribution in [0, 0.1) is 12.8 Å². The van der Waals surface area contributed by atoms with Gasteiger partial charge in [-0.05, 0) is 37.8 Å². The highest BCUT2D eigenvalue weighted by molar-refractivity contribution is 5.88. The maximum Gasteiger partial charge on any atom is 0.335 e. The summed E-state index contributed by atoms with van der Waals surface area (Å²) in [6.07, 6.45) is 5.20. The summed E-state index contributed by atoms with van der Waals surface area (Å²) in [7, 11) is 1.99. The smallest absolute Gasteiger partial charge is 0.335 e. The van der Waals surface area contributed by atoms with Crippen molar-refractivity contribution in [2.45, 2.75) is 32.6 Å². The lowest BCUT2D eigenvalue weighted by Crippen LogP contribution is -2.25. The lowest BCUT2D eigenvalue weighted by molar-refractivity contribution is 0.0696. The van der Waals surface area contributed by atoms with Crippen molar-refractivity contribution in [3.63, 3.8) is 0 Å². The highest BCUT2D eigenvalue weighted by Gasteiger charge is 2.18. The van der Waals surface area contributed by atoms with Crippen molar-refractivity contribution in [3.8, 4) is 0 Å². The lowest BCUT2D eigenvalue weighted by Gasteiger charge is -2.22. The normalized spacial score (nSPS) is 15.9. The maximum atomic E-state index is 11.0. The predicted molar refractivity (Wildman–Crippen MR) is 71.2 cm³/mol. The van der Waals surface area contributed by atoms with Crippen LogP contribution in [0.15, 0.2) is 12.1 Å². The van der Waals surface area contributed by atoms with E-state index in [1.807, 2.05) is 14.0 Å². The Hall–Kier alpha value is -1.58. The first kappa shape index (κ1) is 12.9. The molecule has 0 saturated heterocycles. The second-order valence-corrected chi connectivity index (χ2v) is 5.19. The van der Waals surface area contributed by atoms with Crippen LogP contribution in [0.3, 0.4) is 0 Å². The quantitative estimate of drug-likeness (QED) is 0.890. The van der Waals surface area contributed by atoms with Crippen LogP contribution < -0.4 is 4.90 Å². The third kappa shape index (κ3) is 3.00. The van der Waals surface area contributed by atoms with Crippen LogP contribution >= 0.6 is 0 Å². The summed E-state index contributed by atoms with van der Waals surface area (Å²) >= 11 is 0. The number of aromatic nitrogens is 1. The average molecular weight is 248 g/mol. The number of nitrogens with zero attached hydrogens (tertiary/aromatic N) is 2. The average Bonchev–Trinajstić information content (AvgIpc) is 2.80. The van der Waals surface area contributed by atoms with Crippen molar-refractivity contribution < 1.29 is 9.90 Å². The highest BCUT2D eigenvalue weighted by Crippen LogP contribution is 2.26. The number of hydrogen-bond donors (Lipinski definition) is 1. The fraction of sp³-hybridized carbons (Fsp3) is 0.571. The number of aromatic carboxylic acids is 1.